The molecule has 5 heteroatoms. The van der Waals surface area contributed by atoms with Gasteiger partial charge in [0.25, 0.3) is 0 Å². The van der Waals surface area contributed by atoms with Crippen molar-refractivity contribution in [1.82, 2.24) is 9.55 Å². The van der Waals surface area contributed by atoms with E-state index in [2.05, 4.69) is 18.4 Å². The lowest BCUT2D eigenvalue weighted by atomic mass is 9.64. The topological polar surface area (TPSA) is 27.1 Å². The molecule has 1 aliphatic carbocycles. The smallest absolute Gasteiger partial charge is 0.127 e. The van der Waals surface area contributed by atoms with Crippen LogP contribution in [0.1, 0.15) is 44.4 Å². The summed E-state index contributed by atoms with van der Waals surface area (Å²) in [5.41, 5.74) is 2.05. The van der Waals surface area contributed by atoms with Gasteiger partial charge in [-0.05, 0) is 31.5 Å². The molecule has 1 aromatic carbocycles. The highest BCUT2D eigenvalue weighted by Gasteiger charge is 2.50. The van der Waals surface area contributed by atoms with E-state index >= 15 is 0 Å². The summed E-state index contributed by atoms with van der Waals surface area (Å²) in [5.74, 6) is 0.904. The van der Waals surface area contributed by atoms with Crippen LogP contribution in [0.25, 0.3) is 11.0 Å². The third kappa shape index (κ3) is 2.26. The zero-order chi connectivity index (χ0) is 15.4. The van der Waals surface area contributed by atoms with Crippen LogP contribution in [0.3, 0.4) is 0 Å². The summed E-state index contributed by atoms with van der Waals surface area (Å²) in [6.45, 7) is 6.43. The van der Waals surface area contributed by atoms with Crippen molar-refractivity contribution >= 4 is 34.2 Å². The van der Waals surface area contributed by atoms with Crippen molar-refractivity contribution in [2.45, 2.75) is 44.7 Å². The number of rotatable bonds is 3. The first-order chi connectivity index (χ1) is 9.86. The maximum Gasteiger partial charge on any atom is 0.127 e. The summed E-state index contributed by atoms with van der Waals surface area (Å²) >= 11 is 12.4. The number of hydrogen-bond donors (Lipinski definition) is 0. The summed E-state index contributed by atoms with van der Waals surface area (Å²) < 4.78 is 7.85. The number of nitrogens with zero attached hydrogens (tertiary/aromatic N) is 2. The first-order valence-corrected chi connectivity index (χ1v) is 8.02. The highest BCUT2D eigenvalue weighted by atomic mass is 35.5. The van der Waals surface area contributed by atoms with E-state index in [0.29, 0.717) is 11.1 Å². The largest absolute Gasteiger partial charge is 0.381 e. The Kier molecular flexibility index (Phi) is 3.71. The van der Waals surface area contributed by atoms with Crippen LogP contribution in [0, 0.1) is 5.41 Å². The van der Waals surface area contributed by atoms with Gasteiger partial charge in [0.1, 0.15) is 5.82 Å². The number of imidazole rings is 1. The van der Waals surface area contributed by atoms with Crippen molar-refractivity contribution in [1.29, 1.82) is 0 Å². The molecule has 0 bridgehead atoms. The van der Waals surface area contributed by atoms with Crippen LogP contribution in [-0.4, -0.2) is 22.8 Å². The van der Waals surface area contributed by atoms with Gasteiger partial charge in [-0.1, -0.05) is 25.4 Å². The molecule has 1 fully saturated rings. The highest BCUT2D eigenvalue weighted by Crippen LogP contribution is 2.53. The number of aromatic nitrogens is 2. The van der Waals surface area contributed by atoms with Gasteiger partial charge < -0.3 is 9.30 Å². The van der Waals surface area contributed by atoms with Crippen molar-refractivity contribution in [3.05, 3.63) is 29.0 Å². The Hall–Kier alpha value is -0.770. The lowest BCUT2D eigenvalue weighted by molar-refractivity contribution is -0.112. The standard InChI is InChI=1S/C16H20Cl2N2O/c1-9(17)15-19-11-7-10(18)5-6-12(11)20(15)13-8-14(21-4)16(13,2)3/h5-7,9,13-14H,8H2,1-4H3. The van der Waals surface area contributed by atoms with Gasteiger partial charge in [-0.25, -0.2) is 4.98 Å². The number of benzene rings is 1. The minimum absolute atomic E-state index is 0.0581. The SMILES string of the molecule is COC1CC(n2c(C(C)Cl)nc3cc(Cl)ccc32)C1(C)C. The normalized spacial score (nSPS) is 25.8. The average molecular weight is 327 g/mol. The Morgan fingerprint density at radius 2 is 2.14 bits per heavy atom. The maximum atomic E-state index is 6.36. The van der Waals surface area contributed by atoms with Crippen molar-refractivity contribution in [2.75, 3.05) is 7.11 Å². The van der Waals surface area contributed by atoms with Gasteiger partial charge in [-0.2, -0.15) is 0 Å². The van der Waals surface area contributed by atoms with E-state index < -0.39 is 0 Å². The quantitative estimate of drug-likeness (QED) is 0.744. The molecule has 0 N–H and O–H groups in total. The second kappa shape index (κ2) is 5.15. The molecule has 0 amide bonds. The summed E-state index contributed by atoms with van der Waals surface area (Å²) in [7, 11) is 1.78. The Labute approximate surface area is 135 Å². The van der Waals surface area contributed by atoms with Gasteiger partial charge in [0, 0.05) is 23.6 Å². The number of methoxy groups -OCH3 is 1. The summed E-state index contributed by atoms with van der Waals surface area (Å²) in [6.07, 6.45) is 1.25. The first kappa shape index (κ1) is 15.1. The van der Waals surface area contributed by atoms with Gasteiger partial charge >= 0.3 is 0 Å². The summed E-state index contributed by atoms with van der Waals surface area (Å²) in [5, 5.41) is 0.553. The Morgan fingerprint density at radius 3 is 2.71 bits per heavy atom. The predicted molar refractivity (Wildman–Crippen MR) is 87.2 cm³/mol. The summed E-state index contributed by atoms with van der Waals surface area (Å²) in [6, 6.07) is 6.17. The van der Waals surface area contributed by atoms with Crippen molar-refractivity contribution in [3.8, 4) is 0 Å². The molecule has 114 valence electrons. The molecule has 1 aromatic heterocycles. The van der Waals surface area contributed by atoms with Crippen molar-refractivity contribution in [3.63, 3.8) is 0 Å². The molecule has 3 unspecified atom stereocenters. The second-order valence-electron chi connectivity index (χ2n) is 6.39. The predicted octanol–water partition coefficient (Wildman–Crippen LogP) is 4.98. The van der Waals surface area contributed by atoms with Crippen LogP contribution < -0.4 is 0 Å². The fraction of sp³-hybridized carbons (Fsp3) is 0.562. The Balaban J connectivity index is 2.15. The number of alkyl halides is 1. The van der Waals surface area contributed by atoms with Crippen LogP contribution in [0.4, 0.5) is 0 Å². The molecule has 0 spiro atoms. The zero-order valence-electron chi connectivity index (χ0n) is 12.7. The molecule has 3 atom stereocenters. The molecule has 1 aliphatic rings. The number of hydrogen-bond acceptors (Lipinski definition) is 2. The minimum Gasteiger partial charge on any atom is -0.381 e. The average Bonchev–Trinajstić information content (AvgIpc) is 2.76. The first-order valence-electron chi connectivity index (χ1n) is 7.20. The van der Waals surface area contributed by atoms with Gasteiger partial charge in [0.05, 0.1) is 22.5 Å². The van der Waals surface area contributed by atoms with Crippen molar-refractivity contribution in [2.24, 2.45) is 5.41 Å². The van der Waals surface area contributed by atoms with Crippen LogP contribution in [0.5, 0.6) is 0 Å². The van der Waals surface area contributed by atoms with E-state index in [9.17, 15) is 0 Å². The number of halogens is 2. The monoisotopic (exact) mass is 326 g/mol. The third-order valence-corrected chi connectivity index (χ3v) is 5.19. The van der Waals surface area contributed by atoms with E-state index in [-0.39, 0.29) is 16.9 Å². The van der Waals surface area contributed by atoms with Gasteiger partial charge in [-0.15, -0.1) is 11.6 Å². The van der Waals surface area contributed by atoms with Crippen LogP contribution >= 0.6 is 23.2 Å². The second-order valence-corrected chi connectivity index (χ2v) is 7.48. The van der Waals surface area contributed by atoms with Crippen LogP contribution in [-0.2, 0) is 4.74 Å². The number of ether oxygens (including phenoxy) is 1. The molecule has 0 saturated heterocycles. The minimum atomic E-state index is -0.145. The van der Waals surface area contributed by atoms with Crippen molar-refractivity contribution < 1.29 is 4.74 Å². The molecular formula is C16H20Cl2N2O. The van der Waals surface area contributed by atoms with Gasteiger partial charge in [-0.3, -0.25) is 0 Å². The molecule has 0 radical (unpaired) electrons. The molecular weight excluding hydrogens is 307 g/mol. The fourth-order valence-electron chi connectivity index (χ4n) is 3.40. The zero-order valence-corrected chi connectivity index (χ0v) is 14.2. The molecule has 3 rings (SSSR count). The lowest BCUT2D eigenvalue weighted by Crippen LogP contribution is -2.51. The molecule has 1 saturated carbocycles. The molecule has 1 heterocycles. The van der Waals surface area contributed by atoms with E-state index in [1.54, 1.807) is 7.11 Å². The Bertz CT molecular complexity index is 678. The Morgan fingerprint density at radius 1 is 1.43 bits per heavy atom. The van der Waals surface area contributed by atoms with Gasteiger partial charge in [0.15, 0.2) is 0 Å². The maximum absolute atomic E-state index is 6.36. The molecule has 2 aromatic rings. The van der Waals surface area contributed by atoms with E-state index in [4.69, 9.17) is 32.9 Å². The number of fused-ring (bicyclic) bond motifs is 1. The van der Waals surface area contributed by atoms with Crippen LogP contribution in [0.2, 0.25) is 5.02 Å². The van der Waals surface area contributed by atoms with E-state index in [0.717, 1.165) is 23.3 Å². The molecule has 0 aliphatic heterocycles. The fourth-order valence-corrected chi connectivity index (χ4v) is 3.72. The highest BCUT2D eigenvalue weighted by molar-refractivity contribution is 6.31. The van der Waals surface area contributed by atoms with E-state index in [1.807, 2.05) is 25.1 Å². The molecule has 3 nitrogen and oxygen atoms in total. The van der Waals surface area contributed by atoms with Gasteiger partial charge in [0.2, 0.25) is 0 Å². The molecule has 21 heavy (non-hydrogen) atoms. The van der Waals surface area contributed by atoms with E-state index in [1.165, 1.54) is 0 Å². The lowest BCUT2D eigenvalue weighted by Gasteiger charge is -2.52. The van der Waals surface area contributed by atoms with Crippen LogP contribution in [0.15, 0.2) is 18.2 Å². The third-order valence-electron chi connectivity index (χ3n) is 4.76. The summed E-state index contributed by atoms with van der Waals surface area (Å²) in [4.78, 5) is 4.70.